The molecule has 2 N–H and O–H groups in total. The van der Waals surface area contributed by atoms with Gasteiger partial charge >= 0.3 is 5.97 Å². The minimum atomic E-state index is -0.475. The normalized spacial score (nSPS) is 14.5. The predicted molar refractivity (Wildman–Crippen MR) is 127 cm³/mol. The number of aromatic nitrogens is 2. The number of benzene rings is 1. The first-order chi connectivity index (χ1) is 16.5. The molecular formula is C25H34N4O5. The second-order valence-electron chi connectivity index (χ2n) is 8.10. The number of hydrogen-bond acceptors (Lipinski definition) is 6. The number of fused-ring (bicyclic) bond motifs is 1. The van der Waals surface area contributed by atoms with Gasteiger partial charge in [0.25, 0.3) is 11.8 Å². The van der Waals surface area contributed by atoms with Crippen LogP contribution in [0.2, 0.25) is 0 Å². The lowest BCUT2D eigenvalue weighted by Crippen LogP contribution is -2.26. The first-order valence-corrected chi connectivity index (χ1v) is 12.0. The third kappa shape index (κ3) is 6.66. The van der Waals surface area contributed by atoms with E-state index < -0.39 is 5.97 Å². The zero-order chi connectivity index (χ0) is 24.3. The van der Waals surface area contributed by atoms with Crippen molar-refractivity contribution < 1.29 is 23.9 Å². The monoisotopic (exact) mass is 470 g/mol. The number of ether oxygens (including phenoxy) is 2. The molecule has 184 valence electrons. The van der Waals surface area contributed by atoms with Crippen LogP contribution in [0.3, 0.4) is 0 Å². The van der Waals surface area contributed by atoms with Crippen LogP contribution in [0, 0.1) is 0 Å². The van der Waals surface area contributed by atoms with Gasteiger partial charge in [-0.15, -0.1) is 0 Å². The van der Waals surface area contributed by atoms with Gasteiger partial charge < -0.3 is 20.1 Å². The quantitative estimate of drug-likeness (QED) is 0.453. The van der Waals surface area contributed by atoms with E-state index in [1.54, 1.807) is 18.2 Å². The first kappa shape index (κ1) is 25.4. The van der Waals surface area contributed by atoms with E-state index in [-0.39, 0.29) is 18.4 Å². The molecule has 0 radical (unpaired) electrons. The molecule has 34 heavy (non-hydrogen) atoms. The van der Waals surface area contributed by atoms with E-state index in [2.05, 4.69) is 15.7 Å². The number of amides is 2. The van der Waals surface area contributed by atoms with Crippen molar-refractivity contribution in [3.05, 3.63) is 52.3 Å². The van der Waals surface area contributed by atoms with Crippen LogP contribution in [0.4, 0.5) is 0 Å². The maximum atomic E-state index is 12.8. The molecule has 0 bridgehead atoms. The van der Waals surface area contributed by atoms with E-state index in [0.29, 0.717) is 68.8 Å². The van der Waals surface area contributed by atoms with E-state index in [1.807, 2.05) is 18.5 Å². The van der Waals surface area contributed by atoms with Crippen LogP contribution in [0.5, 0.6) is 0 Å². The molecule has 9 heteroatoms. The van der Waals surface area contributed by atoms with Gasteiger partial charge in [0.05, 0.1) is 29.1 Å². The average Bonchev–Trinajstić information content (AvgIpc) is 3.18. The van der Waals surface area contributed by atoms with E-state index in [0.717, 1.165) is 24.2 Å². The average molecular weight is 471 g/mol. The van der Waals surface area contributed by atoms with Crippen LogP contribution in [-0.2, 0) is 28.9 Å². The van der Waals surface area contributed by atoms with E-state index in [1.165, 1.54) is 6.07 Å². The molecule has 0 unspecified atom stereocenters. The molecule has 3 rings (SSSR count). The zero-order valence-electron chi connectivity index (χ0n) is 20.0. The predicted octanol–water partition coefficient (Wildman–Crippen LogP) is 2.53. The van der Waals surface area contributed by atoms with Gasteiger partial charge in [0.1, 0.15) is 0 Å². The smallest absolute Gasteiger partial charge is 0.338 e. The fourth-order valence-electron chi connectivity index (χ4n) is 3.92. The van der Waals surface area contributed by atoms with Crippen molar-refractivity contribution >= 4 is 17.8 Å². The third-order valence-corrected chi connectivity index (χ3v) is 5.59. The summed E-state index contributed by atoms with van der Waals surface area (Å²) in [5.41, 5.74) is 3.11. The molecule has 2 aromatic rings. The topological polar surface area (TPSA) is 112 Å². The molecular weight excluding hydrogens is 436 g/mol. The third-order valence-electron chi connectivity index (χ3n) is 5.59. The second kappa shape index (κ2) is 12.9. The summed E-state index contributed by atoms with van der Waals surface area (Å²) in [4.78, 5) is 37.3. The number of hydrogen-bond donors (Lipinski definition) is 2. The molecule has 1 aromatic heterocycles. The largest absolute Gasteiger partial charge is 0.462 e. The van der Waals surface area contributed by atoms with Crippen molar-refractivity contribution in [2.75, 3.05) is 32.9 Å². The van der Waals surface area contributed by atoms with Crippen LogP contribution in [-0.4, -0.2) is 60.5 Å². The zero-order valence-corrected chi connectivity index (χ0v) is 20.0. The molecule has 9 nitrogen and oxygen atoms in total. The van der Waals surface area contributed by atoms with Crippen molar-refractivity contribution in [1.29, 1.82) is 0 Å². The Morgan fingerprint density at radius 3 is 2.79 bits per heavy atom. The fourth-order valence-corrected chi connectivity index (χ4v) is 3.92. The Hall–Kier alpha value is -3.20. The van der Waals surface area contributed by atoms with Gasteiger partial charge in [0.15, 0.2) is 0 Å². The van der Waals surface area contributed by atoms with Crippen molar-refractivity contribution in [3.8, 4) is 0 Å². The Morgan fingerprint density at radius 2 is 2.00 bits per heavy atom. The first-order valence-electron chi connectivity index (χ1n) is 12.0. The molecule has 0 saturated heterocycles. The number of rotatable bonds is 8. The van der Waals surface area contributed by atoms with Gasteiger partial charge in [0.2, 0.25) is 0 Å². The van der Waals surface area contributed by atoms with Crippen LogP contribution in [0.1, 0.15) is 75.6 Å². The SMILES string of the molecule is CCNC(=O)c1cccc(C(=O)OCCCn2nc(CC)c3c2CCCOCCCNC3=O)c1. The standard InChI is InChI=1S/C25H34N4O5/c1-3-20-22-21(11-6-14-33-15-7-12-27-24(22)31)29(28-20)13-8-16-34-25(32)19-10-5-9-18(17-19)23(30)26-4-2/h5,9-10,17H,3-4,6-8,11-16H2,1-2H3,(H,26,30)(H,27,31). The van der Waals surface area contributed by atoms with E-state index in [4.69, 9.17) is 9.47 Å². The van der Waals surface area contributed by atoms with Crippen LogP contribution in [0.25, 0.3) is 0 Å². The summed E-state index contributed by atoms with van der Waals surface area (Å²) in [6.07, 6.45) is 3.51. The lowest BCUT2D eigenvalue weighted by atomic mass is 10.1. The molecule has 0 aliphatic carbocycles. The Kier molecular flexibility index (Phi) is 9.63. The number of carbonyl (C=O) groups is 3. The van der Waals surface area contributed by atoms with Gasteiger partial charge in [-0.3, -0.25) is 14.3 Å². The Balaban J connectivity index is 1.62. The molecule has 1 aliphatic rings. The molecule has 0 spiro atoms. The number of nitrogens with zero attached hydrogens (tertiary/aromatic N) is 2. The molecule has 1 aromatic carbocycles. The highest BCUT2D eigenvalue weighted by molar-refractivity contribution is 5.98. The highest BCUT2D eigenvalue weighted by Gasteiger charge is 2.23. The van der Waals surface area contributed by atoms with Crippen molar-refractivity contribution in [2.45, 2.75) is 52.5 Å². The Morgan fingerprint density at radius 1 is 1.21 bits per heavy atom. The lowest BCUT2D eigenvalue weighted by Gasteiger charge is -2.10. The van der Waals surface area contributed by atoms with Gasteiger partial charge in [-0.1, -0.05) is 13.0 Å². The number of aryl methyl sites for hydroxylation is 2. The summed E-state index contributed by atoms with van der Waals surface area (Å²) >= 11 is 0. The summed E-state index contributed by atoms with van der Waals surface area (Å²) in [6, 6.07) is 6.48. The minimum absolute atomic E-state index is 0.0848. The lowest BCUT2D eigenvalue weighted by molar-refractivity contribution is 0.0494. The number of nitrogens with one attached hydrogen (secondary N) is 2. The molecule has 1 aliphatic heterocycles. The van der Waals surface area contributed by atoms with Crippen LogP contribution >= 0.6 is 0 Å². The number of esters is 1. The summed E-state index contributed by atoms with van der Waals surface area (Å²) in [5, 5.41) is 10.4. The maximum absolute atomic E-state index is 12.8. The maximum Gasteiger partial charge on any atom is 0.338 e. The van der Waals surface area contributed by atoms with Gasteiger partial charge in [-0.2, -0.15) is 5.10 Å². The van der Waals surface area contributed by atoms with Crippen molar-refractivity contribution in [3.63, 3.8) is 0 Å². The summed E-state index contributed by atoms with van der Waals surface area (Å²) in [7, 11) is 0. The highest BCUT2D eigenvalue weighted by Crippen LogP contribution is 2.19. The van der Waals surface area contributed by atoms with Gasteiger partial charge in [0, 0.05) is 44.8 Å². The van der Waals surface area contributed by atoms with Crippen molar-refractivity contribution in [1.82, 2.24) is 20.4 Å². The Labute approximate surface area is 200 Å². The highest BCUT2D eigenvalue weighted by atomic mass is 16.5. The molecule has 2 heterocycles. The van der Waals surface area contributed by atoms with Crippen LogP contribution in [0.15, 0.2) is 24.3 Å². The minimum Gasteiger partial charge on any atom is -0.462 e. The van der Waals surface area contributed by atoms with Crippen molar-refractivity contribution in [2.24, 2.45) is 0 Å². The molecule has 0 atom stereocenters. The van der Waals surface area contributed by atoms with Gasteiger partial charge in [-0.05, 0) is 50.8 Å². The summed E-state index contributed by atoms with van der Waals surface area (Å²) < 4.78 is 12.9. The second-order valence-corrected chi connectivity index (χ2v) is 8.10. The molecule has 0 saturated carbocycles. The fraction of sp³-hybridized carbons (Fsp3) is 0.520. The van der Waals surface area contributed by atoms with Crippen LogP contribution < -0.4 is 10.6 Å². The number of carbonyl (C=O) groups excluding carboxylic acids is 3. The van der Waals surface area contributed by atoms with E-state index >= 15 is 0 Å². The van der Waals surface area contributed by atoms with E-state index in [9.17, 15) is 14.4 Å². The van der Waals surface area contributed by atoms with Gasteiger partial charge in [-0.25, -0.2) is 4.79 Å². The summed E-state index contributed by atoms with van der Waals surface area (Å²) in [6.45, 7) is 6.94. The Bertz CT molecular complexity index is 1000. The molecule has 2 amide bonds. The summed E-state index contributed by atoms with van der Waals surface area (Å²) in [5.74, 6) is -0.786. The molecule has 0 fully saturated rings.